The average molecular weight is 338 g/mol. The monoisotopic (exact) mass is 337 g/mol. The van der Waals surface area contributed by atoms with Gasteiger partial charge in [-0.1, -0.05) is 11.6 Å². The van der Waals surface area contributed by atoms with E-state index in [1.165, 1.54) is 0 Å². The van der Waals surface area contributed by atoms with Crippen LogP contribution in [0.15, 0.2) is 6.07 Å². The molecule has 0 fully saturated rings. The Hall–Kier alpha value is -1.71. The first-order valence-corrected chi connectivity index (χ1v) is 5.41. The molecular formula is C10H6ClF6NO3. The van der Waals surface area contributed by atoms with Crippen molar-refractivity contribution in [1.29, 1.82) is 0 Å². The van der Waals surface area contributed by atoms with Gasteiger partial charge in [-0.05, 0) is 0 Å². The van der Waals surface area contributed by atoms with Crippen molar-refractivity contribution in [2.24, 2.45) is 0 Å². The molecule has 0 bridgehead atoms. The van der Waals surface area contributed by atoms with Crippen molar-refractivity contribution in [2.75, 3.05) is 7.11 Å². The van der Waals surface area contributed by atoms with Crippen LogP contribution in [0.4, 0.5) is 26.3 Å². The number of hydrogen-bond acceptors (Lipinski definition) is 4. The van der Waals surface area contributed by atoms with Crippen LogP contribution >= 0.6 is 11.6 Å². The second kappa shape index (κ2) is 5.96. The van der Waals surface area contributed by atoms with Gasteiger partial charge in [0.2, 0.25) is 0 Å². The van der Waals surface area contributed by atoms with Crippen LogP contribution in [0.25, 0.3) is 0 Å². The van der Waals surface area contributed by atoms with E-state index >= 15 is 0 Å². The Balaban J connectivity index is 3.45. The van der Waals surface area contributed by atoms with E-state index in [4.69, 9.17) is 11.6 Å². The molecule has 0 radical (unpaired) electrons. The van der Waals surface area contributed by atoms with Gasteiger partial charge in [-0.15, -0.1) is 13.2 Å². The van der Waals surface area contributed by atoms with Crippen molar-refractivity contribution in [2.45, 2.75) is 19.0 Å². The third-order valence-corrected chi connectivity index (χ3v) is 2.27. The van der Waals surface area contributed by atoms with Gasteiger partial charge < -0.3 is 9.47 Å². The van der Waals surface area contributed by atoms with Gasteiger partial charge in [-0.3, -0.25) is 4.79 Å². The van der Waals surface area contributed by atoms with Crippen molar-refractivity contribution in [3.8, 4) is 5.75 Å². The lowest BCUT2D eigenvalue weighted by molar-refractivity contribution is -0.276. The highest BCUT2D eigenvalue weighted by Gasteiger charge is 2.42. The molecule has 1 heterocycles. The van der Waals surface area contributed by atoms with Crippen molar-refractivity contribution < 1.29 is 40.6 Å². The number of methoxy groups -OCH3 is 1. The van der Waals surface area contributed by atoms with E-state index in [9.17, 15) is 31.1 Å². The lowest BCUT2D eigenvalue weighted by atomic mass is 10.1. The molecule has 0 aliphatic rings. The van der Waals surface area contributed by atoms with E-state index in [2.05, 4.69) is 14.5 Å². The van der Waals surface area contributed by atoms with Crippen LogP contribution in [-0.4, -0.2) is 24.4 Å². The standard InChI is InChI=1S/C10H6ClF6NO3/c1-20-7(19)2-4-8(9(12,13)14)5(3-6(11)18-4)21-10(15,16)17/h3H,2H2,1H3. The van der Waals surface area contributed by atoms with Crippen LogP contribution in [-0.2, 0) is 22.1 Å². The van der Waals surface area contributed by atoms with E-state index in [-0.39, 0.29) is 6.07 Å². The number of alkyl halides is 6. The zero-order valence-corrected chi connectivity index (χ0v) is 10.9. The molecule has 11 heteroatoms. The summed E-state index contributed by atoms with van der Waals surface area (Å²) in [6.45, 7) is 0. The van der Waals surface area contributed by atoms with Crippen LogP contribution < -0.4 is 4.74 Å². The molecule has 0 N–H and O–H groups in total. The fraction of sp³-hybridized carbons (Fsp3) is 0.400. The molecule has 0 spiro atoms. The van der Waals surface area contributed by atoms with Crippen LogP contribution in [0, 0.1) is 0 Å². The molecule has 1 aromatic heterocycles. The zero-order chi connectivity index (χ0) is 16.4. The van der Waals surface area contributed by atoms with E-state index < -0.39 is 47.1 Å². The number of esters is 1. The minimum Gasteiger partial charge on any atom is -0.469 e. The molecule has 0 aromatic carbocycles. The Morgan fingerprint density at radius 1 is 1.29 bits per heavy atom. The number of carbonyl (C=O) groups is 1. The van der Waals surface area contributed by atoms with Gasteiger partial charge in [0.05, 0.1) is 19.2 Å². The predicted molar refractivity (Wildman–Crippen MR) is 56.7 cm³/mol. The van der Waals surface area contributed by atoms with Gasteiger partial charge in [-0.25, -0.2) is 4.98 Å². The Morgan fingerprint density at radius 3 is 2.29 bits per heavy atom. The second-order valence-corrected chi connectivity index (χ2v) is 3.95. The van der Waals surface area contributed by atoms with Crippen LogP contribution in [0.2, 0.25) is 5.15 Å². The Labute approximate surface area is 118 Å². The molecular weight excluding hydrogens is 332 g/mol. The summed E-state index contributed by atoms with van der Waals surface area (Å²) in [7, 11) is 0.896. The van der Waals surface area contributed by atoms with Gasteiger partial charge >= 0.3 is 18.5 Å². The maximum absolute atomic E-state index is 12.9. The molecule has 118 valence electrons. The third-order valence-electron chi connectivity index (χ3n) is 2.08. The summed E-state index contributed by atoms with van der Waals surface area (Å²) in [5.41, 5.74) is -2.87. The van der Waals surface area contributed by atoms with Gasteiger partial charge in [-0.2, -0.15) is 13.2 Å². The largest absolute Gasteiger partial charge is 0.573 e. The van der Waals surface area contributed by atoms with Crippen LogP contribution in [0.3, 0.4) is 0 Å². The lowest BCUT2D eigenvalue weighted by Gasteiger charge is -2.18. The predicted octanol–water partition coefficient (Wildman–Crippen LogP) is 3.37. The summed E-state index contributed by atoms with van der Waals surface area (Å²) in [4.78, 5) is 14.2. The molecule has 0 unspecified atom stereocenters. The molecule has 0 amide bonds. The molecule has 1 aromatic rings. The fourth-order valence-corrected chi connectivity index (χ4v) is 1.59. The van der Waals surface area contributed by atoms with Gasteiger partial charge in [0.25, 0.3) is 0 Å². The molecule has 1 rings (SSSR count). The van der Waals surface area contributed by atoms with E-state index in [0.29, 0.717) is 0 Å². The summed E-state index contributed by atoms with van der Waals surface area (Å²) in [5.74, 6) is -2.72. The summed E-state index contributed by atoms with van der Waals surface area (Å²) < 4.78 is 82.6. The summed E-state index contributed by atoms with van der Waals surface area (Å²) in [5, 5.41) is -0.693. The molecule has 0 saturated carbocycles. The average Bonchev–Trinajstić information content (AvgIpc) is 2.23. The minimum absolute atomic E-state index is 0.263. The minimum atomic E-state index is -5.37. The molecule has 21 heavy (non-hydrogen) atoms. The molecule has 0 aliphatic carbocycles. The van der Waals surface area contributed by atoms with Crippen LogP contribution in [0.5, 0.6) is 5.75 Å². The number of rotatable bonds is 3. The summed E-state index contributed by atoms with van der Waals surface area (Å²) in [6.07, 6.45) is -11.6. The first-order valence-electron chi connectivity index (χ1n) is 5.03. The first kappa shape index (κ1) is 17.3. The summed E-state index contributed by atoms with van der Waals surface area (Å²) in [6, 6.07) is 0.263. The maximum atomic E-state index is 12.9. The summed E-state index contributed by atoms with van der Waals surface area (Å²) >= 11 is 5.35. The van der Waals surface area contributed by atoms with Crippen molar-refractivity contribution in [3.05, 3.63) is 22.5 Å². The molecule has 0 saturated heterocycles. The smallest absolute Gasteiger partial charge is 0.469 e. The number of nitrogens with zero attached hydrogens (tertiary/aromatic N) is 1. The van der Waals surface area contributed by atoms with E-state index in [1.807, 2.05) is 0 Å². The highest BCUT2D eigenvalue weighted by atomic mass is 35.5. The van der Waals surface area contributed by atoms with Gasteiger partial charge in [0.15, 0.2) is 0 Å². The molecule has 0 atom stereocenters. The zero-order valence-electron chi connectivity index (χ0n) is 10.1. The third kappa shape index (κ3) is 4.96. The Morgan fingerprint density at radius 2 is 1.86 bits per heavy atom. The topological polar surface area (TPSA) is 48.4 Å². The first-order chi connectivity index (χ1) is 9.44. The molecule has 0 aliphatic heterocycles. The molecule has 4 nitrogen and oxygen atoms in total. The highest BCUT2D eigenvalue weighted by Crippen LogP contribution is 2.41. The number of ether oxygens (including phenoxy) is 2. The Kier molecular flexibility index (Phi) is 4.92. The maximum Gasteiger partial charge on any atom is 0.573 e. The lowest BCUT2D eigenvalue weighted by Crippen LogP contribution is -2.22. The number of aromatic nitrogens is 1. The number of pyridine rings is 1. The number of hydrogen-bond donors (Lipinski definition) is 0. The SMILES string of the molecule is COC(=O)Cc1nc(Cl)cc(OC(F)(F)F)c1C(F)(F)F. The van der Waals surface area contributed by atoms with Crippen molar-refractivity contribution >= 4 is 17.6 Å². The quantitative estimate of drug-likeness (QED) is 0.482. The van der Waals surface area contributed by atoms with Crippen molar-refractivity contribution in [3.63, 3.8) is 0 Å². The fourth-order valence-electron chi connectivity index (χ4n) is 1.38. The van der Waals surface area contributed by atoms with E-state index in [1.54, 1.807) is 0 Å². The van der Waals surface area contributed by atoms with Crippen LogP contribution in [0.1, 0.15) is 11.3 Å². The van der Waals surface area contributed by atoms with Crippen molar-refractivity contribution in [1.82, 2.24) is 4.98 Å². The Bertz CT molecular complexity index is 543. The second-order valence-electron chi connectivity index (χ2n) is 3.56. The van der Waals surface area contributed by atoms with Gasteiger partial charge in [0, 0.05) is 6.07 Å². The highest BCUT2D eigenvalue weighted by molar-refractivity contribution is 6.29. The van der Waals surface area contributed by atoms with E-state index in [0.717, 1.165) is 7.11 Å². The number of halogens is 7. The van der Waals surface area contributed by atoms with Gasteiger partial charge in [0.1, 0.15) is 16.5 Å². The number of carbonyl (C=O) groups excluding carboxylic acids is 1. The normalized spacial score (nSPS) is 12.2.